The van der Waals surface area contributed by atoms with Crippen molar-refractivity contribution in [3.8, 4) is 0 Å². The minimum atomic E-state index is -0.292. The van der Waals surface area contributed by atoms with E-state index in [4.69, 9.17) is 10.5 Å². The Labute approximate surface area is 123 Å². The van der Waals surface area contributed by atoms with Crippen LogP contribution in [0.3, 0.4) is 0 Å². The Kier molecular flexibility index (Phi) is 5.42. The van der Waals surface area contributed by atoms with E-state index in [0.717, 1.165) is 29.6 Å². The molecule has 6 nitrogen and oxygen atoms in total. The highest BCUT2D eigenvalue weighted by Crippen LogP contribution is 2.40. The van der Waals surface area contributed by atoms with Crippen LogP contribution in [0.1, 0.15) is 44.9 Å². The Balaban J connectivity index is 1.94. The van der Waals surface area contributed by atoms with Crippen molar-refractivity contribution in [2.45, 2.75) is 56.8 Å². The lowest BCUT2D eigenvalue weighted by Crippen LogP contribution is -2.15. The number of thioether (sulfide) groups is 1. The second-order valence-corrected chi connectivity index (χ2v) is 6.31. The third-order valence-electron chi connectivity index (χ3n) is 3.04. The first-order chi connectivity index (χ1) is 9.58. The standard InChI is InChI=1S/C13H22N4O2S/c1-9(2)19-7-8-20-13-16-15-12(10-3-4-10)17(13)6-5-11(14)18/h9-10H,3-8H2,1-2H3,(H2,14,18). The molecular formula is C13H22N4O2S. The summed E-state index contributed by atoms with van der Waals surface area (Å²) in [5.41, 5.74) is 5.24. The van der Waals surface area contributed by atoms with Crippen LogP contribution in [0.2, 0.25) is 0 Å². The van der Waals surface area contributed by atoms with E-state index < -0.39 is 0 Å². The maximum atomic E-state index is 11.0. The number of ether oxygens (including phenoxy) is 1. The lowest BCUT2D eigenvalue weighted by molar-refractivity contribution is -0.118. The highest BCUT2D eigenvalue weighted by molar-refractivity contribution is 7.99. The van der Waals surface area contributed by atoms with E-state index in [9.17, 15) is 4.79 Å². The second-order valence-electron chi connectivity index (χ2n) is 5.25. The number of carbonyl (C=O) groups excluding carboxylic acids is 1. The molecule has 0 unspecified atom stereocenters. The number of hydrogen-bond acceptors (Lipinski definition) is 5. The first kappa shape index (κ1) is 15.3. The summed E-state index contributed by atoms with van der Waals surface area (Å²) in [4.78, 5) is 11.0. The van der Waals surface area contributed by atoms with Crippen molar-refractivity contribution in [2.24, 2.45) is 5.73 Å². The fourth-order valence-corrected chi connectivity index (χ4v) is 2.70. The molecule has 1 aromatic rings. The highest BCUT2D eigenvalue weighted by Gasteiger charge is 2.30. The largest absolute Gasteiger partial charge is 0.378 e. The summed E-state index contributed by atoms with van der Waals surface area (Å²) in [7, 11) is 0. The maximum absolute atomic E-state index is 11.0. The molecule has 1 aromatic heterocycles. The zero-order chi connectivity index (χ0) is 14.5. The van der Waals surface area contributed by atoms with Crippen molar-refractivity contribution in [2.75, 3.05) is 12.4 Å². The molecule has 112 valence electrons. The van der Waals surface area contributed by atoms with E-state index >= 15 is 0 Å². The van der Waals surface area contributed by atoms with Crippen molar-refractivity contribution in [1.29, 1.82) is 0 Å². The molecule has 20 heavy (non-hydrogen) atoms. The molecule has 0 atom stereocenters. The first-order valence-electron chi connectivity index (χ1n) is 7.03. The van der Waals surface area contributed by atoms with Gasteiger partial charge in [0.15, 0.2) is 5.16 Å². The van der Waals surface area contributed by atoms with Gasteiger partial charge in [0.2, 0.25) is 5.91 Å². The van der Waals surface area contributed by atoms with Gasteiger partial charge in [-0.1, -0.05) is 11.8 Å². The number of nitrogens with two attached hydrogens (primary N) is 1. The van der Waals surface area contributed by atoms with Gasteiger partial charge in [0.25, 0.3) is 0 Å². The van der Waals surface area contributed by atoms with Gasteiger partial charge in [-0.25, -0.2) is 0 Å². The number of amides is 1. The molecule has 0 aliphatic heterocycles. The van der Waals surface area contributed by atoms with E-state index in [1.807, 2.05) is 18.4 Å². The van der Waals surface area contributed by atoms with Crippen LogP contribution in [-0.4, -0.2) is 39.1 Å². The average molecular weight is 298 g/mol. The van der Waals surface area contributed by atoms with E-state index in [-0.39, 0.29) is 12.0 Å². The van der Waals surface area contributed by atoms with Crippen LogP contribution in [0, 0.1) is 0 Å². The molecule has 1 heterocycles. The Bertz CT molecular complexity index is 457. The molecule has 1 amide bonds. The number of aromatic nitrogens is 3. The Morgan fingerprint density at radius 2 is 2.25 bits per heavy atom. The number of rotatable bonds is 9. The number of hydrogen-bond donors (Lipinski definition) is 1. The van der Waals surface area contributed by atoms with Gasteiger partial charge in [-0.2, -0.15) is 0 Å². The molecule has 1 aliphatic rings. The third kappa shape index (κ3) is 4.49. The van der Waals surface area contributed by atoms with Gasteiger partial charge in [-0.15, -0.1) is 10.2 Å². The van der Waals surface area contributed by atoms with Crippen LogP contribution in [0.4, 0.5) is 0 Å². The summed E-state index contributed by atoms with van der Waals surface area (Å²) in [6.07, 6.45) is 2.89. The summed E-state index contributed by atoms with van der Waals surface area (Å²) in [5, 5.41) is 9.37. The van der Waals surface area contributed by atoms with Gasteiger partial charge in [0.1, 0.15) is 5.82 Å². The fourth-order valence-electron chi connectivity index (χ4n) is 1.90. The first-order valence-corrected chi connectivity index (χ1v) is 8.02. The Hall–Kier alpha value is -1.08. The molecule has 2 N–H and O–H groups in total. The molecule has 0 bridgehead atoms. The van der Waals surface area contributed by atoms with Crippen molar-refractivity contribution >= 4 is 17.7 Å². The average Bonchev–Trinajstić information content (AvgIpc) is 3.14. The van der Waals surface area contributed by atoms with Crippen LogP contribution >= 0.6 is 11.8 Å². The van der Waals surface area contributed by atoms with Crippen molar-refractivity contribution in [3.05, 3.63) is 5.82 Å². The molecule has 1 saturated carbocycles. The van der Waals surface area contributed by atoms with E-state index in [2.05, 4.69) is 10.2 Å². The summed E-state index contributed by atoms with van der Waals surface area (Å²) < 4.78 is 7.56. The van der Waals surface area contributed by atoms with Gasteiger partial charge in [-0.05, 0) is 26.7 Å². The Morgan fingerprint density at radius 3 is 2.85 bits per heavy atom. The SMILES string of the molecule is CC(C)OCCSc1nnc(C2CC2)n1CCC(N)=O. The predicted octanol–water partition coefficient (Wildman–Crippen LogP) is 1.55. The van der Waals surface area contributed by atoms with Crippen LogP contribution in [0.25, 0.3) is 0 Å². The summed E-state index contributed by atoms with van der Waals surface area (Å²) >= 11 is 1.62. The molecule has 0 aromatic carbocycles. The molecule has 0 spiro atoms. The van der Waals surface area contributed by atoms with Gasteiger partial charge < -0.3 is 15.0 Å². The molecular weight excluding hydrogens is 276 g/mol. The van der Waals surface area contributed by atoms with E-state index in [1.165, 1.54) is 0 Å². The van der Waals surface area contributed by atoms with Gasteiger partial charge in [0, 0.05) is 24.6 Å². The van der Waals surface area contributed by atoms with Gasteiger partial charge in [0.05, 0.1) is 12.7 Å². The molecule has 0 radical (unpaired) electrons. The summed E-state index contributed by atoms with van der Waals surface area (Å²) in [6.45, 7) is 5.29. The van der Waals surface area contributed by atoms with Crippen LogP contribution < -0.4 is 5.73 Å². The molecule has 1 aliphatic carbocycles. The molecule has 0 saturated heterocycles. The van der Waals surface area contributed by atoms with Crippen molar-refractivity contribution in [1.82, 2.24) is 14.8 Å². The molecule has 1 fully saturated rings. The molecule has 7 heteroatoms. The smallest absolute Gasteiger partial charge is 0.219 e. The topological polar surface area (TPSA) is 83.0 Å². The predicted molar refractivity (Wildman–Crippen MR) is 77.6 cm³/mol. The zero-order valence-electron chi connectivity index (χ0n) is 12.0. The van der Waals surface area contributed by atoms with Gasteiger partial charge in [-0.3, -0.25) is 4.79 Å². The van der Waals surface area contributed by atoms with Crippen molar-refractivity contribution < 1.29 is 9.53 Å². The van der Waals surface area contributed by atoms with Crippen LogP contribution in [0.5, 0.6) is 0 Å². The maximum Gasteiger partial charge on any atom is 0.219 e. The second kappa shape index (κ2) is 7.08. The highest BCUT2D eigenvalue weighted by atomic mass is 32.2. The van der Waals surface area contributed by atoms with Gasteiger partial charge >= 0.3 is 0 Å². The summed E-state index contributed by atoms with van der Waals surface area (Å²) in [5.74, 6) is 2.05. The quantitative estimate of drug-likeness (QED) is 0.552. The van der Waals surface area contributed by atoms with E-state index in [0.29, 0.717) is 25.5 Å². The van der Waals surface area contributed by atoms with Crippen LogP contribution in [-0.2, 0) is 16.1 Å². The monoisotopic (exact) mass is 298 g/mol. The summed E-state index contributed by atoms with van der Waals surface area (Å²) in [6, 6.07) is 0. The number of primary amides is 1. The Morgan fingerprint density at radius 1 is 1.50 bits per heavy atom. The minimum Gasteiger partial charge on any atom is -0.378 e. The lowest BCUT2D eigenvalue weighted by atomic mass is 10.3. The molecule has 2 rings (SSSR count). The lowest BCUT2D eigenvalue weighted by Gasteiger charge is -2.09. The van der Waals surface area contributed by atoms with E-state index in [1.54, 1.807) is 11.8 Å². The third-order valence-corrected chi connectivity index (χ3v) is 3.97. The zero-order valence-corrected chi connectivity index (χ0v) is 12.9. The normalized spacial score (nSPS) is 14.9. The minimum absolute atomic E-state index is 0.241. The van der Waals surface area contributed by atoms with Crippen molar-refractivity contribution in [3.63, 3.8) is 0 Å². The number of nitrogens with zero attached hydrogens (tertiary/aromatic N) is 3. The fraction of sp³-hybridized carbons (Fsp3) is 0.769. The van der Waals surface area contributed by atoms with Crippen LogP contribution in [0.15, 0.2) is 5.16 Å². The number of carbonyl (C=O) groups is 1.